The Labute approximate surface area is 86.8 Å². The molecule has 1 heteroatoms. The van der Waals surface area contributed by atoms with E-state index in [-0.39, 0.29) is 0 Å². The number of hydrogen-bond donors (Lipinski definition) is 0. The van der Waals surface area contributed by atoms with Gasteiger partial charge in [0.05, 0.1) is 0 Å². The van der Waals surface area contributed by atoms with E-state index in [0.29, 0.717) is 0 Å². The minimum Gasteiger partial charge on any atom is -0.370 e. The maximum Gasteiger partial charge on any atom is 0.0429 e. The van der Waals surface area contributed by atoms with Gasteiger partial charge in [-0.1, -0.05) is 32.6 Å². The number of hydrogen-bond acceptors (Lipinski definition) is 1. The first-order valence-electron chi connectivity index (χ1n) is 5.59. The van der Waals surface area contributed by atoms with E-state index in [1.165, 1.54) is 23.3 Å². The molecule has 3 rings (SSSR count). The second-order valence-corrected chi connectivity index (χ2v) is 4.14. The van der Waals surface area contributed by atoms with Crippen LogP contribution in [0.25, 0.3) is 0 Å². The van der Waals surface area contributed by atoms with Crippen molar-refractivity contribution >= 4 is 0 Å². The molecule has 0 radical (unpaired) electrons. The van der Waals surface area contributed by atoms with Crippen LogP contribution in [0.4, 0.5) is 0 Å². The average Bonchev–Trinajstić information content (AvgIpc) is 2.91. The first-order chi connectivity index (χ1) is 6.75. The largest absolute Gasteiger partial charge is 0.370 e. The molecule has 14 heavy (non-hydrogen) atoms. The van der Waals surface area contributed by atoms with Crippen LogP contribution in [0.1, 0.15) is 20.3 Å². The monoisotopic (exact) mass is 189 g/mol. The summed E-state index contributed by atoms with van der Waals surface area (Å²) >= 11 is 0. The molecular formula is C13H19N. The van der Waals surface area contributed by atoms with Gasteiger partial charge in [-0.05, 0) is 29.4 Å². The fourth-order valence-corrected chi connectivity index (χ4v) is 2.26. The molecule has 1 saturated heterocycles. The Morgan fingerprint density at radius 3 is 2.64 bits per heavy atom. The zero-order chi connectivity index (χ0) is 10.3. The lowest BCUT2D eigenvalue weighted by Gasteiger charge is -2.09. The third-order valence-corrected chi connectivity index (χ3v) is 3.21. The highest BCUT2D eigenvalue weighted by Gasteiger charge is 2.39. The molecule has 0 aromatic heterocycles. The van der Waals surface area contributed by atoms with Gasteiger partial charge in [0.1, 0.15) is 0 Å². The first kappa shape index (κ1) is 9.57. The minimum absolute atomic E-state index is 0.854. The van der Waals surface area contributed by atoms with Crippen molar-refractivity contribution in [2.24, 2.45) is 11.8 Å². The van der Waals surface area contributed by atoms with Gasteiger partial charge in [-0.15, -0.1) is 0 Å². The van der Waals surface area contributed by atoms with Gasteiger partial charge in [0.15, 0.2) is 0 Å². The van der Waals surface area contributed by atoms with Crippen molar-refractivity contribution in [1.82, 2.24) is 4.90 Å². The van der Waals surface area contributed by atoms with Crippen LogP contribution in [0.3, 0.4) is 0 Å². The van der Waals surface area contributed by atoms with Crippen LogP contribution in [-0.2, 0) is 0 Å². The standard InChI is InChI=1S/C11H13N.C2H6/c1-7-11-5-9-3-8(9)4-10(11)6-12(7)2;1-2/h4-5,8-9H,1,3,6H2,2H3;1-2H3/t8?,9-;/m0./s1. The lowest BCUT2D eigenvalue weighted by Crippen LogP contribution is -2.09. The van der Waals surface area contributed by atoms with Crippen molar-refractivity contribution in [3.8, 4) is 0 Å². The van der Waals surface area contributed by atoms with E-state index >= 15 is 0 Å². The van der Waals surface area contributed by atoms with Crippen molar-refractivity contribution in [1.29, 1.82) is 0 Å². The maximum atomic E-state index is 4.09. The van der Waals surface area contributed by atoms with Gasteiger partial charge in [-0.25, -0.2) is 0 Å². The Morgan fingerprint density at radius 2 is 1.93 bits per heavy atom. The molecule has 1 saturated carbocycles. The van der Waals surface area contributed by atoms with E-state index in [1.54, 1.807) is 0 Å². The quantitative estimate of drug-likeness (QED) is 0.566. The van der Waals surface area contributed by atoms with Crippen molar-refractivity contribution < 1.29 is 0 Å². The lowest BCUT2D eigenvalue weighted by atomic mass is 10.00. The molecule has 2 atom stereocenters. The van der Waals surface area contributed by atoms with Gasteiger partial charge in [-0.2, -0.15) is 0 Å². The van der Waals surface area contributed by atoms with Crippen LogP contribution in [0, 0.1) is 11.8 Å². The summed E-state index contributed by atoms with van der Waals surface area (Å²) in [6, 6.07) is 0. The van der Waals surface area contributed by atoms with Gasteiger partial charge in [0.2, 0.25) is 0 Å². The number of nitrogens with zero attached hydrogens (tertiary/aromatic N) is 1. The topological polar surface area (TPSA) is 3.24 Å². The third kappa shape index (κ3) is 1.31. The molecule has 0 amide bonds. The zero-order valence-corrected chi connectivity index (χ0v) is 9.38. The van der Waals surface area contributed by atoms with E-state index in [4.69, 9.17) is 0 Å². The molecule has 0 aromatic carbocycles. The fraction of sp³-hybridized carbons (Fsp3) is 0.538. The van der Waals surface area contributed by atoms with Gasteiger partial charge in [0.25, 0.3) is 0 Å². The van der Waals surface area contributed by atoms with Crippen LogP contribution in [0.15, 0.2) is 35.6 Å². The average molecular weight is 189 g/mol. The van der Waals surface area contributed by atoms with E-state index in [1.807, 2.05) is 13.8 Å². The molecule has 2 fully saturated rings. The lowest BCUT2D eigenvalue weighted by molar-refractivity contribution is 0.503. The van der Waals surface area contributed by atoms with Crippen LogP contribution in [-0.4, -0.2) is 18.5 Å². The van der Waals surface area contributed by atoms with Crippen LogP contribution >= 0.6 is 0 Å². The van der Waals surface area contributed by atoms with Gasteiger partial charge < -0.3 is 4.90 Å². The number of likely N-dealkylation sites (tertiary alicyclic amines) is 1. The van der Waals surface area contributed by atoms with Crippen molar-refractivity contribution in [3.63, 3.8) is 0 Å². The summed E-state index contributed by atoms with van der Waals surface area (Å²) < 4.78 is 0. The van der Waals surface area contributed by atoms with E-state index in [9.17, 15) is 0 Å². The van der Waals surface area contributed by atoms with E-state index in [0.717, 1.165) is 18.4 Å². The van der Waals surface area contributed by atoms with Crippen molar-refractivity contribution in [3.05, 3.63) is 35.6 Å². The van der Waals surface area contributed by atoms with Crippen LogP contribution in [0.2, 0.25) is 0 Å². The predicted molar refractivity (Wildman–Crippen MR) is 60.9 cm³/mol. The van der Waals surface area contributed by atoms with Gasteiger partial charge in [0, 0.05) is 19.3 Å². The Morgan fingerprint density at radius 1 is 1.29 bits per heavy atom. The summed E-state index contributed by atoms with van der Waals surface area (Å²) in [5.41, 5.74) is 4.16. The Hall–Kier alpha value is -0.980. The third-order valence-electron chi connectivity index (χ3n) is 3.21. The highest BCUT2D eigenvalue weighted by atomic mass is 15.1. The van der Waals surface area contributed by atoms with Crippen molar-refractivity contribution in [2.45, 2.75) is 20.3 Å². The zero-order valence-electron chi connectivity index (χ0n) is 9.38. The fourth-order valence-electron chi connectivity index (χ4n) is 2.26. The Bertz CT molecular complexity index is 322. The number of fused-ring (bicyclic) bond motifs is 2. The molecule has 1 aliphatic heterocycles. The summed E-state index contributed by atoms with van der Waals surface area (Å²) in [7, 11) is 2.12. The molecule has 1 heterocycles. The molecule has 3 aliphatic rings. The predicted octanol–water partition coefficient (Wildman–Crippen LogP) is 2.97. The molecule has 0 spiro atoms. The summed E-state index contributed by atoms with van der Waals surface area (Å²) in [4.78, 5) is 2.24. The van der Waals surface area contributed by atoms with E-state index in [2.05, 4.69) is 30.7 Å². The van der Waals surface area contributed by atoms with Gasteiger partial charge in [-0.3, -0.25) is 0 Å². The molecule has 0 aromatic rings. The molecular weight excluding hydrogens is 170 g/mol. The van der Waals surface area contributed by atoms with Crippen LogP contribution in [0.5, 0.6) is 0 Å². The normalized spacial score (nSPS) is 32.2. The first-order valence-corrected chi connectivity index (χ1v) is 5.59. The second kappa shape index (κ2) is 3.30. The highest BCUT2D eigenvalue weighted by molar-refractivity contribution is 5.54. The summed E-state index contributed by atoms with van der Waals surface area (Å²) in [5.74, 6) is 1.73. The smallest absolute Gasteiger partial charge is 0.0429 e. The Kier molecular flexibility index (Phi) is 2.26. The number of likely N-dealkylation sites (N-methyl/N-ethyl adjacent to an activating group) is 1. The summed E-state index contributed by atoms with van der Waals surface area (Å²) in [6.45, 7) is 9.17. The highest BCUT2D eigenvalue weighted by Crippen LogP contribution is 2.49. The molecule has 76 valence electrons. The molecule has 1 unspecified atom stereocenters. The summed E-state index contributed by atoms with van der Waals surface area (Å²) in [5, 5.41) is 0. The number of allylic oxidation sites excluding steroid dienone is 3. The molecule has 1 nitrogen and oxygen atoms in total. The molecule has 0 N–H and O–H groups in total. The minimum atomic E-state index is 0.854. The maximum absolute atomic E-state index is 4.09. The second-order valence-electron chi connectivity index (χ2n) is 4.14. The summed E-state index contributed by atoms with van der Waals surface area (Å²) in [6.07, 6.45) is 6.25. The number of rotatable bonds is 0. The molecule has 2 aliphatic carbocycles. The van der Waals surface area contributed by atoms with E-state index < -0.39 is 0 Å². The van der Waals surface area contributed by atoms with Crippen molar-refractivity contribution in [2.75, 3.05) is 13.6 Å². The molecule has 0 bridgehead atoms. The van der Waals surface area contributed by atoms with Crippen LogP contribution < -0.4 is 0 Å². The Balaban J connectivity index is 0.000000354. The SMILES string of the molecule is C=C1C2=C[C@@H]3CC3C=C2CN1C.CC. The van der Waals surface area contributed by atoms with Gasteiger partial charge >= 0.3 is 0 Å².